The largest absolute Gasteiger partial charge is 0.484 e. The van der Waals surface area contributed by atoms with Gasteiger partial charge in [-0.3, -0.25) is 9.36 Å². The fraction of sp³-hybridized carbons (Fsp3) is 0.364. The van der Waals surface area contributed by atoms with Crippen molar-refractivity contribution in [2.24, 2.45) is 0 Å². The van der Waals surface area contributed by atoms with Crippen LogP contribution in [0.15, 0.2) is 43.0 Å². The molecule has 1 saturated heterocycles. The summed E-state index contributed by atoms with van der Waals surface area (Å²) >= 11 is 0. The molecular formula is C22H26N6O2. The van der Waals surface area contributed by atoms with E-state index < -0.39 is 0 Å². The predicted octanol–water partition coefficient (Wildman–Crippen LogP) is 2.32. The number of carbonyl (C=O) groups excluding carboxylic acids is 1. The highest BCUT2D eigenvalue weighted by atomic mass is 16.5. The number of anilines is 1. The molecule has 2 aromatic heterocycles. The third-order valence-electron chi connectivity index (χ3n) is 5.54. The molecule has 1 fully saturated rings. The van der Waals surface area contributed by atoms with Gasteiger partial charge in [-0.15, -0.1) is 0 Å². The molecule has 3 aromatic rings. The number of piperazine rings is 1. The summed E-state index contributed by atoms with van der Waals surface area (Å²) in [5, 5.41) is 0. The van der Waals surface area contributed by atoms with Gasteiger partial charge in [0.15, 0.2) is 6.61 Å². The first-order valence-electron chi connectivity index (χ1n) is 10.1. The molecule has 0 aliphatic carbocycles. The van der Waals surface area contributed by atoms with Gasteiger partial charge < -0.3 is 14.5 Å². The summed E-state index contributed by atoms with van der Waals surface area (Å²) in [6, 6.07) is 9.69. The first-order valence-corrected chi connectivity index (χ1v) is 10.1. The van der Waals surface area contributed by atoms with Gasteiger partial charge in [-0.25, -0.2) is 15.0 Å². The lowest BCUT2D eigenvalue weighted by Crippen LogP contribution is -2.50. The number of ether oxygens (including phenoxy) is 1. The Morgan fingerprint density at radius 3 is 2.43 bits per heavy atom. The van der Waals surface area contributed by atoms with E-state index >= 15 is 0 Å². The topological polar surface area (TPSA) is 76.4 Å². The average Bonchev–Trinajstić information content (AvgIpc) is 3.11. The molecule has 0 radical (unpaired) electrons. The van der Waals surface area contributed by atoms with Gasteiger partial charge in [0, 0.05) is 37.9 Å². The van der Waals surface area contributed by atoms with Crippen LogP contribution >= 0.6 is 0 Å². The minimum Gasteiger partial charge on any atom is -0.484 e. The zero-order valence-electron chi connectivity index (χ0n) is 17.6. The van der Waals surface area contributed by atoms with E-state index in [0.29, 0.717) is 26.2 Å². The van der Waals surface area contributed by atoms with Crippen LogP contribution < -0.4 is 9.64 Å². The van der Waals surface area contributed by atoms with Crippen LogP contribution in [0.3, 0.4) is 0 Å². The predicted molar refractivity (Wildman–Crippen MR) is 114 cm³/mol. The van der Waals surface area contributed by atoms with E-state index in [4.69, 9.17) is 4.74 Å². The van der Waals surface area contributed by atoms with Crippen molar-refractivity contribution in [2.75, 3.05) is 37.7 Å². The number of carbonyl (C=O) groups is 1. The lowest BCUT2D eigenvalue weighted by Gasteiger charge is -2.35. The van der Waals surface area contributed by atoms with Crippen molar-refractivity contribution in [1.29, 1.82) is 0 Å². The molecule has 0 unspecified atom stereocenters. The van der Waals surface area contributed by atoms with Gasteiger partial charge >= 0.3 is 0 Å². The minimum absolute atomic E-state index is 0.00537. The van der Waals surface area contributed by atoms with Crippen LogP contribution in [-0.4, -0.2) is 63.1 Å². The van der Waals surface area contributed by atoms with E-state index in [1.165, 1.54) is 0 Å². The Bertz CT molecular complexity index is 1040. The maximum atomic E-state index is 12.6. The van der Waals surface area contributed by atoms with E-state index in [2.05, 4.69) is 19.9 Å². The van der Waals surface area contributed by atoms with Crippen molar-refractivity contribution in [2.45, 2.75) is 20.8 Å². The molecule has 1 aliphatic heterocycles. The molecular weight excluding hydrogens is 380 g/mol. The number of hydrogen-bond acceptors (Lipinski definition) is 6. The minimum atomic E-state index is 0.00537. The molecule has 1 aliphatic rings. The van der Waals surface area contributed by atoms with E-state index in [0.717, 1.165) is 34.3 Å². The van der Waals surface area contributed by atoms with Crippen molar-refractivity contribution in [1.82, 2.24) is 24.4 Å². The normalized spacial score (nSPS) is 14.1. The molecule has 0 bridgehead atoms. The fourth-order valence-electron chi connectivity index (χ4n) is 3.51. The molecule has 156 valence electrons. The number of benzene rings is 1. The Morgan fingerprint density at radius 1 is 1.00 bits per heavy atom. The second-order valence-corrected chi connectivity index (χ2v) is 7.44. The fourth-order valence-corrected chi connectivity index (χ4v) is 3.51. The van der Waals surface area contributed by atoms with Gasteiger partial charge in [-0.05, 0) is 32.4 Å². The van der Waals surface area contributed by atoms with Gasteiger partial charge in [0.1, 0.15) is 30.0 Å². The molecule has 8 heteroatoms. The number of aromatic nitrogens is 4. The third kappa shape index (κ3) is 4.12. The van der Waals surface area contributed by atoms with Crippen molar-refractivity contribution in [3.05, 3.63) is 59.9 Å². The number of rotatable bonds is 5. The quantitative estimate of drug-likeness (QED) is 0.647. The summed E-state index contributed by atoms with van der Waals surface area (Å²) in [5.41, 5.74) is 3.07. The van der Waals surface area contributed by atoms with Crippen molar-refractivity contribution in [3.8, 4) is 11.6 Å². The van der Waals surface area contributed by atoms with Crippen LogP contribution in [0.2, 0.25) is 0 Å². The number of nitrogens with zero attached hydrogens (tertiary/aromatic N) is 6. The van der Waals surface area contributed by atoms with Crippen LogP contribution in [0.4, 0.5) is 5.82 Å². The lowest BCUT2D eigenvalue weighted by molar-refractivity contribution is -0.133. The van der Waals surface area contributed by atoms with Gasteiger partial charge in [0.2, 0.25) is 0 Å². The zero-order valence-corrected chi connectivity index (χ0v) is 17.6. The molecule has 0 N–H and O–H groups in total. The van der Waals surface area contributed by atoms with Crippen LogP contribution in [-0.2, 0) is 4.79 Å². The zero-order chi connectivity index (χ0) is 21.1. The molecule has 8 nitrogen and oxygen atoms in total. The van der Waals surface area contributed by atoms with E-state index in [-0.39, 0.29) is 12.5 Å². The lowest BCUT2D eigenvalue weighted by atomic mass is 10.2. The van der Waals surface area contributed by atoms with Crippen molar-refractivity contribution >= 4 is 11.7 Å². The number of para-hydroxylation sites is 1. The Hall–Kier alpha value is -3.42. The van der Waals surface area contributed by atoms with Gasteiger partial charge in [0.25, 0.3) is 5.91 Å². The van der Waals surface area contributed by atoms with Crippen LogP contribution in [0.5, 0.6) is 5.75 Å². The van der Waals surface area contributed by atoms with E-state index in [1.807, 2.05) is 60.6 Å². The second kappa shape index (κ2) is 8.52. The number of imidazole rings is 1. The smallest absolute Gasteiger partial charge is 0.260 e. The highest BCUT2D eigenvalue weighted by molar-refractivity contribution is 5.78. The Balaban J connectivity index is 1.35. The van der Waals surface area contributed by atoms with Crippen LogP contribution in [0.25, 0.3) is 5.82 Å². The standard InChI is InChI=1S/C22H26N6O2/c1-16-6-4-5-7-19(16)30-13-22(29)27-10-8-26(9-11-27)20-12-21(24-14-23-20)28-15-25-17(2)18(28)3/h4-7,12,14-15H,8-11,13H2,1-3H3. The summed E-state index contributed by atoms with van der Waals surface area (Å²) in [6.07, 6.45) is 3.36. The number of amides is 1. The molecule has 0 saturated carbocycles. The molecule has 1 aromatic carbocycles. The first kappa shape index (κ1) is 19.9. The molecule has 0 spiro atoms. The van der Waals surface area contributed by atoms with Crippen LogP contribution in [0.1, 0.15) is 17.0 Å². The maximum absolute atomic E-state index is 12.6. The van der Waals surface area contributed by atoms with Crippen molar-refractivity contribution in [3.63, 3.8) is 0 Å². The number of aryl methyl sites for hydroxylation is 2. The summed E-state index contributed by atoms with van der Waals surface area (Å²) < 4.78 is 7.67. The summed E-state index contributed by atoms with van der Waals surface area (Å²) in [5.74, 6) is 2.41. The first-order chi connectivity index (χ1) is 14.5. The van der Waals surface area contributed by atoms with Gasteiger partial charge in [-0.2, -0.15) is 0 Å². The SMILES string of the molecule is Cc1ccccc1OCC(=O)N1CCN(c2cc(-n3cnc(C)c3C)ncn2)CC1. The second-order valence-electron chi connectivity index (χ2n) is 7.44. The van der Waals surface area contributed by atoms with Crippen molar-refractivity contribution < 1.29 is 9.53 Å². The Morgan fingerprint density at radius 2 is 1.73 bits per heavy atom. The number of hydrogen-bond donors (Lipinski definition) is 0. The average molecular weight is 406 g/mol. The summed E-state index contributed by atoms with van der Waals surface area (Å²) in [6.45, 7) is 8.74. The molecule has 3 heterocycles. The summed E-state index contributed by atoms with van der Waals surface area (Å²) in [7, 11) is 0. The van der Waals surface area contributed by atoms with E-state index in [9.17, 15) is 4.79 Å². The molecule has 4 rings (SSSR count). The molecule has 30 heavy (non-hydrogen) atoms. The van der Waals surface area contributed by atoms with Crippen LogP contribution in [0, 0.1) is 20.8 Å². The van der Waals surface area contributed by atoms with E-state index in [1.54, 1.807) is 12.7 Å². The van der Waals surface area contributed by atoms with Gasteiger partial charge in [0.05, 0.1) is 5.69 Å². The highest BCUT2D eigenvalue weighted by Crippen LogP contribution is 2.19. The Kier molecular flexibility index (Phi) is 5.65. The molecule has 1 amide bonds. The van der Waals surface area contributed by atoms with Gasteiger partial charge in [-0.1, -0.05) is 18.2 Å². The highest BCUT2D eigenvalue weighted by Gasteiger charge is 2.23. The monoisotopic (exact) mass is 406 g/mol. The molecule has 0 atom stereocenters. The Labute approximate surface area is 176 Å². The maximum Gasteiger partial charge on any atom is 0.260 e. The third-order valence-corrected chi connectivity index (χ3v) is 5.54. The summed E-state index contributed by atoms with van der Waals surface area (Å²) in [4.78, 5) is 29.7.